The van der Waals surface area contributed by atoms with Gasteiger partial charge in [0.05, 0.1) is 22.5 Å². The van der Waals surface area contributed by atoms with Crippen LogP contribution >= 0.6 is 0 Å². The smallest absolute Gasteiger partial charge is 0.317 e. The van der Waals surface area contributed by atoms with Gasteiger partial charge in [0, 0.05) is 6.07 Å². The van der Waals surface area contributed by atoms with Gasteiger partial charge in [-0.3, -0.25) is 20.2 Å². The lowest BCUT2D eigenvalue weighted by Gasteiger charge is -2.07. The lowest BCUT2D eigenvalue weighted by atomic mass is 10.0. The van der Waals surface area contributed by atoms with Crippen LogP contribution in [0.25, 0.3) is 0 Å². The van der Waals surface area contributed by atoms with E-state index >= 15 is 0 Å². The van der Waals surface area contributed by atoms with Crippen LogP contribution in [0.5, 0.6) is 5.75 Å². The summed E-state index contributed by atoms with van der Waals surface area (Å²) in [4.78, 5) is 20.5. The van der Waals surface area contributed by atoms with Crippen LogP contribution in [-0.4, -0.2) is 16.5 Å². The van der Waals surface area contributed by atoms with Crippen LogP contribution in [0.3, 0.4) is 0 Å². The Morgan fingerprint density at radius 2 is 1.21 bits per heavy atom. The second-order valence-corrected chi connectivity index (χ2v) is 7.61. The summed E-state index contributed by atoms with van der Waals surface area (Å²) in [5.41, 5.74) is -0.662. The highest BCUT2D eigenvalue weighted by Crippen LogP contribution is 2.31. The van der Waals surface area contributed by atoms with Gasteiger partial charge in [0.25, 0.3) is 5.69 Å². The Balaban J connectivity index is 2.03. The fraction of sp³-hybridized carbons (Fsp3) is 0.727. The summed E-state index contributed by atoms with van der Waals surface area (Å²) in [5, 5.41) is 21.8. The Bertz CT molecular complexity index is 607. The van der Waals surface area contributed by atoms with E-state index in [4.69, 9.17) is 4.74 Å². The van der Waals surface area contributed by atoms with Crippen LogP contribution in [0, 0.1) is 20.2 Å². The molecule has 0 saturated heterocycles. The summed E-state index contributed by atoms with van der Waals surface area (Å²) in [6, 6.07) is 3.48. The first-order valence-electron chi connectivity index (χ1n) is 11.1. The van der Waals surface area contributed by atoms with Crippen LogP contribution in [0.2, 0.25) is 0 Å². The second kappa shape index (κ2) is 15.7. The molecule has 1 rings (SSSR count). The number of benzene rings is 1. The van der Waals surface area contributed by atoms with Gasteiger partial charge in [-0.25, -0.2) is 0 Å². The number of nitrogens with zero attached hydrogens (tertiary/aromatic N) is 2. The van der Waals surface area contributed by atoms with Gasteiger partial charge in [-0.05, 0) is 12.5 Å². The third kappa shape index (κ3) is 11.4. The highest BCUT2D eigenvalue weighted by atomic mass is 16.6. The van der Waals surface area contributed by atoms with Crippen molar-refractivity contribution in [2.75, 3.05) is 6.61 Å². The molecule has 0 fully saturated rings. The molecule has 0 spiro atoms. The van der Waals surface area contributed by atoms with E-state index < -0.39 is 9.85 Å². The monoisotopic (exact) mass is 408 g/mol. The minimum Gasteiger partial charge on any atom is -0.487 e. The average Bonchev–Trinajstić information content (AvgIpc) is 2.70. The van der Waals surface area contributed by atoms with Crippen molar-refractivity contribution < 1.29 is 14.6 Å². The van der Waals surface area contributed by atoms with Crippen LogP contribution in [0.4, 0.5) is 11.4 Å². The number of hydrogen-bond acceptors (Lipinski definition) is 5. The Morgan fingerprint density at radius 3 is 1.66 bits per heavy atom. The zero-order chi connectivity index (χ0) is 21.3. The molecule has 0 aromatic heterocycles. The summed E-state index contributed by atoms with van der Waals surface area (Å²) in [6.45, 7) is 2.63. The van der Waals surface area contributed by atoms with Crippen molar-refractivity contribution in [2.24, 2.45) is 0 Å². The molecule has 1 aromatic rings. The number of nitro benzene ring substituents is 2. The number of rotatable bonds is 18. The fourth-order valence-corrected chi connectivity index (χ4v) is 3.36. The molecule has 1 aromatic carbocycles. The fourth-order valence-electron chi connectivity index (χ4n) is 3.36. The van der Waals surface area contributed by atoms with E-state index in [0.29, 0.717) is 6.61 Å². The first-order valence-corrected chi connectivity index (χ1v) is 11.1. The topological polar surface area (TPSA) is 95.5 Å². The van der Waals surface area contributed by atoms with Crippen molar-refractivity contribution >= 4 is 11.4 Å². The molecule has 7 heteroatoms. The minimum absolute atomic E-state index is 0.0929. The predicted octanol–water partition coefficient (Wildman–Crippen LogP) is 7.36. The van der Waals surface area contributed by atoms with Gasteiger partial charge in [-0.15, -0.1) is 0 Å². The van der Waals surface area contributed by atoms with Crippen molar-refractivity contribution in [1.82, 2.24) is 0 Å². The molecular weight excluding hydrogens is 372 g/mol. The highest BCUT2D eigenvalue weighted by Gasteiger charge is 2.20. The van der Waals surface area contributed by atoms with E-state index in [1.54, 1.807) is 0 Å². The van der Waals surface area contributed by atoms with Gasteiger partial charge in [0.15, 0.2) is 5.75 Å². The van der Waals surface area contributed by atoms with E-state index in [2.05, 4.69) is 6.92 Å². The normalized spacial score (nSPS) is 10.8. The van der Waals surface area contributed by atoms with Gasteiger partial charge < -0.3 is 4.74 Å². The Kier molecular flexibility index (Phi) is 13.5. The molecule has 29 heavy (non-hydrogen) atoms. The lowest BCUT2D eigenvalue weighted by Crippen LogP contribution is -2.01. The van der Waals surface area contributed by atoms with Gasteiger partial charge in [0.2, 0.25) is 0 Å². The Morgan fingerprint density at radius 1 is 0.724 bits per heavy atom. The summed E-state index contributed by atoms with van der Waals surface area (Å²) in [7, 11) is 0. The van der Waals surface area contributed by atoms with Crippen LogP contribution in [0.1, 0.15) is 96.8 Å². The van der Waals surface area contributed by atoms with E-state index in [1.807, 2.05) is 0 Å². The van der Waals surface area contributed by atoms with Gasteiger partial charge in [-0.2, -0.15) is 0 Å². The molecule has 0 heterocycles. The average molecular weight is 409 g/mol. The number of hydrogen-bond donors (Lipinski definition) is 0. The maximum absolute atomic E-state index is 11.1. The minimum atomic E-state index is -0.648. The molecule has 7 nitrogen and oxygen atoms in total. The van der Waals surface area contributed by atoms with E-state index in [9.17, 15) is 20.2 Å². The van der Waals surface area contributed by atoms with Gasteiger partial charge in [-0.1, -0.05) is 90.4 Å². The van der Waals surface area contributed by atoms with Crippen molar-refractivity contribution in [1.29, 1.82) is 0 Å². The maximum atomic E-state index is 11.1. The lowest BCUT2D eigenvalue weighted by molar-refractivity contribution is -0.394. The molecule has 0 aliphatic carbocycles. The van der Waals surface area contributed by atoms with Crippen molar-refractivity contribution in [3.8, 4) is 5.75 Å². The molecule has 164 valence electrons. The first-order chi connectivity index (χ1) is 14.1. The molecule has 0 unspecified atom stereocenters. The molecule has 0 amide bonds. The zero-order valence-electron chi connectivity index (χ0n) is 17.8. The number of unbranched alkanes of at least 4 members (excludes halogenated alkanes) is 13. The largest absolute Gasteiger partial charge is 0.487 e. The molecular formula is C22H36N2O5. The standard InChI is InChI=1S/C22H36N2O5/c1-2-3-4-5-6-7-8-9-10-11-12-13-14-15-18-29-22-17-16-20(23(25)26)19-21(22)24(27)28/h16-17,19H,2-15,18H2,1H3. The maximum Gasteiger partial charge on any atom is 0.317 e. The predicted molar refractivity (Wildman–Crippen MR) is 116 cm³/mol. The number of ether oxygens (including phenoxy) is 1. The number of nitro groups is 2. The third-order valence-electron chi connectivity index (χ3n) is 5.11. The molecule has 0 aliphatic heterocycles. The summed E-state index contributed by atoms with van der Waals surface area (Å²) >= 11 is 0. The summed E-state index contributed by atoms with van der Waals surface area (Å²) < 4.78 is 5.48. The molecule has 0 bridgehead atoms. The summed E-state index contributed by atoms with van der Waals surface area (Å²) in [5.74, 6) is 0.0929. The Labute approximate surface area is 174 Å². The van der Waals surface area contributed by atoms with Crippen LogP contribution in [-0.2, 0) is 0 Å². The van der Waals surface area contributed by atoms with E-state index in [1.165, 1.54) is 82.8 Å². The SMILES string of the molecule is CCCCCCCCCCCCCCCCOc1ccc([N+](=O)[O-])cc1[N+](=O)[O-]. The molecule has 0 saturated carbocycles. The number of non-ortho nitro benzene ring substituents is 1. The van der Waals surface area contributed by atoms with Crippen molar-refractivity contribution in [3.05, 3.63) is 38.4 Å². The van der Waals surface area contributed by atoms with Gasteiger partial charge >= 0.3 is 5.69 Å². The van der Waals surface area contributed by atoms with Crippen LogP contribution in [0.15, 0.2) is 18.2 Å². The molecule has 0 aliphatic rings. The highest BCUT2D eigenvalue weighted by molar-refractivity contribution is 5.53. The molecule has 0 radical (unpaired) electrons. The molecule has 0 atom stereocenters. The Hall–Kier alpha value is -2.18. The quantitative estimate of drug-likeness (QED) is 0.144. The second-order valence-electron chi connectivity index (χ2n) is 7.61. The van der Waals surface area contributed by atoms with Crippen LogP contribution < -0.4 is 4.74 Å². The summed E-state index contributed by atoms with van der Waals surface area (Å²) in [6.07, 6.45) is 17.7. The third-order valence-corrected chi connectivity index (χ3v) is 5.11. The van der Waals surface area contributed by atoms with E-state index in [-0.39, 0.29) is 17.1 Å². The van der Waals surface area contributed by atoms with Crippen molar-refractivity contribution in [2.45, 2.75) is 96.8 Å². The van der Waals surface area contributed by atoms with Crippen molar-refractivity contribution in [3.63, 3.8) is 0 Å². The van der Waals surface area contributed by atoms with E-state index in [0.717, 1.165) is 25.3 Å². The zero-order valence-corrected chi connectivity index (χ0v) is 17.8. The van der Waals surface area contributed by atoms with Gasteiger partial charge in [0.1, 0.15) is 0 Å². The first kappa shape index (κ1) is 24.9. The molecule has 0 N–H and O–H groups in total.